The van der Waals surface area contributed by atoms with Crippen molar-refractivity contribution < 1.29 is 9.53 Å². The van der Waals surface area contributed by atoms with Gasteiger partial charge in [-0.3, -0.25) is 4.79 Å². The Morgan fingerprint density at radius 2 is 2.10 bits per heavy atom. The molecule has 3 unspecified atom stereocenters. The van der Waals surface area contributed by atoms with E-state index >= 15 is 0 Å². The molecule has 0 spiro atoms. The maximum absolute atomic E-state index is 12.4. The van der Waals surface area contributed by atoms with E-state index in [9.17, 15) is 4.79 Å². The minimum Gasteiger partial charge on any atom is -0.375 e. The SMILES string of the molecule is CCC1(C)CC(NC(C)C(=O)N2CCCCC2)CCO1. The highest BCUT2D eigenvalue weighted by atomic mass is 16.5. The maximum Gasteiger partial charge on any atom is 0.239 e. The molecule has 0 aliphatic carbocycles. The monoisotopic (exact) mass is 282 g/mol. The van der Waals surface area contributed by atoms with E-state index in [1.807, 2.05) is 11.8 Å². The van der Waals surface area contributed by atoms with Crippen LogP contribution in [0.4, 0.5) is 0 Å². The summed E-state index contributed by atoms with van der Waals surface area (Å²) in [6.07, 6.45) is 6.61. The number of likely N-dealkylation sites (tertiary alicyclic amines) is 1. The van der Waals surface area contributed by atoms with Crippen molar-refractivity contribution in [3.05, 3.63) is 0 Å². The second-order valence-corrected chi connectivity index (χ2v) is 6.62. The summed E-state index contributed by atoms with van der Waals surface area (Å²) in [7, 11) is 0. The first kappa shape index (κ1) is 15.8. The van der Waals surface area contributed by atoms with Crippen LogP contribution in [-0.2, 0) is 9.53 Å². The molecule has 1 amide bonds. The fraction of sp³-hybridized carbons (Fsp3) is 0.938. The number of nitrogens with one attached hydrogen (secondary N) is 1. The highest BCUT2D eigenvalue weighted by molar-refractivity contribution is 5.81. The molecule has 2 rings (SSSR count). The fourth-order valence-corrected chi connectivity index (χ4v) is 3.33. The second kappa shape index (κ2) is 6.90. The summed E-state index contributed by atoms with van der Waals surface area (Å²) in [5, 5.41) is 3.53. The van der Waals surface area contributed by atoms with Gasteiger partial charge in [0.15, 0.2) is 0 Å². The van der Waals surface area contributed by atoms with Crippen LogP contribution in [0.5, 0.6) is 0 Å². The first-order chi connectivity index (χ1) is 9.54. The zero-order valence-corrected chi connectivity index (χ0v) is 13.3. The van der Waals surface area contributed by atoms with E-state index < -0.39 is 0 Å². The summed E-state index contributed by atoms with van der Waals surface area (Å²) in [6.45, 7) is 9.03. The molecule has 20 heavy (non-hydrogen) atoms. The molecule has 3 atom stereocenters. The van der Waals surface area contributed by atoms with E-state index in [1.165, 1.54) is 6.42 Å². The van der Waals surface area contributed by atoms with Crippen LogP contribution >= 0.6 is 0 Å². The Balaban J connectivity index is 1.83. The van der Waals surface area contributed by atoms with Gasteiger partial charge in [0.25, 0.3) is 0 Å². The molecule has 0 aromatic carbocycles. The largest absolute Gasteiger partial charge is 0.375 e. The van der Waals surface area contributed by atoms with Crippen LogP contribution in [0.15, 0.2) is 0 Å². The lowest BCUT2D eigenvalue weighted by molar-refractivity contribution is -0.135. The average molecular weight is 282 g/mol. The van der Waals surface area contributed by atoms with Crippen LogP contribution in [-0.4, -0.2) is 48.2 Å². The van der Waals surface area contributed by atoms with Crippen molar-refractivity contribution in [2.24, 2.45) is 0 Å². The van der Waals surface area contributed by atoms with Crippen LogP contribution in [0.1, 0.15) is 59.3 Å². The number of ether oxygens (including phenoxy) is 1. The van der Waals surface area contributed by atoms with Crippen LogP contribution < -0.4 is 5.32 Å². The molecule has 2 saturated heterocycles. The number of nitrogens with zero attached hydrogens (tertiary/aromatic N) is 1. The van der Waals surface area contributed by atoms with Gasteiger partial charge in [-0.15, -0.1) is 0 Å². The van der Waals surface area contributed by atoms with Crippen molar-refractivity contribution >= 4 is 5.91 Å². The van der Waals surface area contributed by atoms with Crippen molar-refractivity contribution in [2.75, 3.05) is 19.7 Å². The molecule has 0 saturated carbocycles. The number of hydrogen-bond donors (Lipinski definition) is 1. The van der Waals surface area contributed by atoms with E-state index in [1.54, 1.807) is 0 Å². The highest BCUT2D eigenvalue weighted by Gasteiger charge is 2.33. The van der Waals surface area contributed by atoms with E-state index in [0.717, 1.165) is 51.8 Å². The second-order valence-electron chi connectivity index (χ2n) is 6.62. The lowest BCUT2D eigenvalue weighted by Crippen LogP contribution is -2.53. The molecule has 116 valence electrons. The third-order valence-electron chi connectivity index (χ3n) is 4.87. The molecular formula is C16H30N2O2. The lowest BCUT2D eigenvalue weighted by Gasteiger charge is -2.39. The smallest absolute Gasteiger partial charge is 0.239 e. The summed E-state index contributed by atoms with van der Waals surface area (Å²) < 4.78 is 5.87. The summed E-state index contributed by atoms with van der Waals surface area (Å²) in [6, 6.07) is 0.328. The predicted molar refractivity (Wildman–Crippen MR) is 80.7 cm³/mol. The van der Waals surface area contributed by atoms with E-state index in [0.29, 0.717) is 6.04 Å². The Morgan fingerprint density at radius 3 is 2.75 bits per heavy atom. The fourth-order valence-electron chi connectivity index (χ4n) is 3.33. The summed E-state index contributed by atoms with van der Waals surface area (Å²) in [5.74, 6) is 0.273. The Labute approximate surface area is 123 Å². The van der Waals surface area contributed by atoms with E-state index in [2.05, 4.69) is 19.2 Å². The molecule has 2 fully saturated rings. The molecule has 0 radical (unpaired) electrons. The molecule has 0 aromatic rings. The van der Waals surface area contributed by atoms with Gasteiger partial charge in [0, 0.05) is 25.7 Å². The van der Waals surface area contributed by atoms with Crippen LogP contribution in [0.3, 0.4) is 0 Å². The van der Waals surface area contributed by atoms with E-state index in [4.69, 9.17) is 4.74 Å². The molecule has 4 nitrogen and oxygen atoms in total. The minimum absolute atomic E-state index is 0.0240. The van der Waals surface area contributed by atoms with Gasteiger partial charge in [-0.1, -0.05) is 6.92 Å². The Kier molecular flexibility index (Phi) is 5.44. The van der Waals surface area contributed by atoms with Gasteiger partial charge in [-0.2, -0.15) is 0 Å². The molecule has 1 N–H and O–H groups in total. The van der Waals surface area contributed by atoms with Crippen molar-refractivity contribution in [1.82, 2.24) is 10.2 Å². The molecule has 0 bridgehead atoms. The van der Waals surface area contributed by atoms with Crippen molar-refractivity contribution in [2.45, 2.75) is 77.0 Å². The zero-order valence-electron chi connectivity index (χ0n) is 13.3. The van der Waals surface area contributed by atoms with Crippen LogP contribution in [0.2, 0.25) is 0 Å². The summed E-state index contributed by atoms with van der Waals surface area (Å²) >= 11 is 0. The molecule has 2 heterocycles. The maximum atomic E-state index is 12.4. The average Bonchev–Trinajstić information content (AvgIpc) is 2.47. The molecular weight excluding hydrogens is 252 g/mol. The summed E-state index contributed by atoms with van der Waals surface area (Å²) in [5.41, 5.74) is -0.0240. The molecule has 4 heteroatoms. The standard InChI is InChI=1S/C16H30N2O2/c1-4-16(3)12-14(8-11-20-16)17-13(2)15(19)18-9-6-5-7-10-18/h13-14,17H,4-12H2,1-3H3. The number of hydrogen-bond acceptors (Lipinski definition) is 3. The third kappa shape index (κ3) is 3.95. The lowest BCUT2D eigenvalue weighted by atomic mass is 9.89. The van der Waals surface area contributed by atoms with Gasteiger partial charge in [-0.25, -0.2) is 0 Å². The van der Waals surface area contributed by atoms with Gasteiger partial charge in [0.05, 0.1) is 11.6 Å². The Bertz CT molecular complexity index is 328. The quantitative estimate of drug-likeness (QED) is 0.860. The Hall–Kier alpha value is -0.610. The number of carbonyl (C=O) groups excluding carboxylic acids is 1. The minimum atomic E-state index is -0.0719. The summed E-state index contributed by atoms with van der Waals surface area (Å²) in [4.78, 5) is 14.5. The van der Waals surface area contributed by atoms with Crippen molar-refractivity contribution in [3.8, 4) is 0 Å². The van der Waals surface area contributed by atoms with Gasteiger partial charge < -0.3 is 15.0 Å². The highest BCUT2D eigenvalue weighted by Crippen LogP contribution is 2.28. The molecule has 2 aliphatic heterocycles. The van der Waals surface area contributed by atoms with Gasteiger partial charge >= 0.3 is 0 Å². The number of amides is 1. The van der Waals surface area contributed by atoms with E-state index in [-0.39, 0.29) is 17.6 Å². The topological polar surface area (TPSA) is 41.6 Å². The van der Waals surface area contributed by atoms with Crippen LogP contribution in [0, 0.1) is 0 Å². The zero-order chi connectivity index (χ0) is 14.6. The van der Waals surface area contributed by atoms with Crippen molar-refractivity contribution in [1.29, 1.82) is 0 Å². The molecule has 2 aliphatic rings. The predicted octanol–water partition coefficient (Wildman–Crippen LogP) is 2.32. The number of carbonyl (C=O) groups is 1. The van der Waals surface area contributed by atoms with Gasteiger partial charge in [-0.05, 0) is 52.4 Å². The first-order valence-corrected chi connectivity index (χ1v) is 8.23. The first-order valence-electron chi connectivity index (χ1n) is 8.23. The molecule has 0 aromatic heterocycles. The van der Waals surface area contributed by atoms with Gasteiger partial charge in [0.1, 0.15) is 0 Å². The third-order valence-corrected chi connectivity index (χ3v) is 4.87. The number of rotatable bonds is 4. The number of piperidine rings is 1. The normalized spacial score (nSPS) is 33.0. The Morgan fingerprint density at radius 1 is 1.40 bits per heavy atom. The van der Waals surface area contributed by atoms with Crippen molar-refractivity contribution in [3.63, 3.8) is 0 Å². The van der Waals surface area contributed by atoms with Gasteiger partial charge in [0.2, 0.25) is 5.91 Å². The van der Waals surface area contributed by atoms with Crippen LogP contribution in [0.25, 0.3) is 0 Å².